The van der Waals surface area contributed by atoms with Gasteiger partial charge in [0.15, 0.2) is 12.0 Å². The Morgan fingerprint density at radius 1 is 1.41 bits per heavy atom. The van der Waals surface area contributed by atoms with E-state index < -0.39 is 0 Å². The summed E-state index contributed by atoms with van der Waals surface area (Å²) >= 11 is 0. The van der Waals surface area contributed by atoms with Crippen molar-refractivity contribution in [3.63, 3.8) is 0 Å². The van der Waals surface area contributed by atoms with Gasteiger partial charge >= 0.3 is 0 Å². The molecule has 2 aromatic heterocycles. The summed E-state index contributed by atoms with van der Waals surface area (Å²) in [7, 11) is 0. The number of hydrogen-bond acceptors (Lipinski definition) is 4. The van der Waals surface area contributed by atoms with Gasteiger partial charge in [0.25, 0.3) is 5.56 Å². The Balaban J connectivity index is 2.36. The molecule has 88 valence electrons. The Morgan fingerprint density at radius 3 is 2.76 bits per heavy atom. The average molecular weight is 232 g/mol. The maximum atomic E-state index is 11.8. The number of aryl methyl sites for hydroxylation is 2. The fraction of sp³-hybridized carbons (Fsp3) is 0.250. The van der Waals surface area contributed by atoms with Gasteiger partial charge in [0.2, 0.25) is 0 Å². The molecule has 0 aliphatic rings. The molecule has 0 unspecified atom stereocenters. The molecule has 0 saturated carbocycles. The van der Waals surface area contributed by atoms with E-state index >= 15 is 0 Å². The Morgan fingerprint density at radius 2 is 2.18 bits per heavy atom. The molecular formula is C12H12N2O3. The van der Waals surface area contributed by atoms with E-state index in [1.165, 1.54) is 10.6 Å². The van der Waals surface area contributed by atoms with Gasteiger partial charge in [0.05, 0.1) is 6.54 Å². The zero-order chi connectivity index (χ0) is 12.4. The highest BCUT2D eigenvalue weighted by molar-refractivity contribution is 5.70. The number of carbonyl (C=O) groups is 1. The summed E-state index contributed by atoms with van der Waals surface area (Å²) in [5.74, 6) is 1.44. The third-order valence-electron chi connectivity index (χ3n) is 2.44. The summed E-state index contributed by atoms with van der Waals surface area (Å²) in [5.41, 5.74) is 0.566. The van der Waals surface area contributed by atoms with Gasteiger partial charge in [-0.25, -0.2) is 4.98 Å². The Bertz CT molecular complexity index is 610. The van der Waals surface area contributed by atoms with Crippen molar-refractivity contribution in [2.24, 2.45) is 0 Å². The monoisotopic (exact) mass is 232 g/mol. The van der Waals surface area contributed by atoms with Gasteiger partial charge in [-0.15, -0.1) is 0 Å². The van der Waals surface area contributed by atoms with Crippen molar-refractivity contribution in [1.29, 1.82) is 0 Å². The summed E-state index contributed by atoms with van der Waals surface area (Å²) < 4.78 is 6.72. The van der Waals surface area contributed by atoms with Gasteiger partial charge in [0, 0.05) is 11.8 Å². The topological polar surface area (TPSA) is 65.1 Å². The number of carbonyl (C=O) groups excluding carboxylic acids is 1. The standard InChI is InChI=1S/C12H12N2O3/c1-8-5-12(16)14(9(2)13-8)6-10-3-4-11(7-15)17-10/h3-5,7H,6H2,1-2H3. The lowest BCUT2D eigenvalue weighted by Gasteiger charge is -2.07. The molecule has 17 heavy (non-hydrogen) atoms. The molecule has 2 rings (SSSR count). The van der Waals surface area contributed by atoms with E-state index in [1.54, 1.807) is 26.0 Å². The van der Waals surface area contributed by atoms with Crippen molar-refractivity contribution < 1.29 is 9.21 Å². The minimum Gasteiger partial charge on any atom is -0.456 e. The van der Waals surface area contributed by atoms with E-state index in [1.807, 2.05) is 0 Å². The molecule has 0 atom stereocenters. The minimum absolute atomic E-state index is 0.126. The predicted octanol–water partition coefficient (Wildman–Crippen LogP) is 1.31. The number of aldehydes is 1. The first-order valence-electron chi connectivity index (χ1n) is 5.19. The van der Waals surface area contributed by atoms with Crippen LogP contribution < -0.4 is 5.56 Å². The fourth-order valence-electron chi connectivity index (χ4n) is 1.65. The highest BCUT2D eigenvalue weighted by Crippen LogP contribution is 2.07. The van der Waals surface area contributed by atoms with Crippen LogP contribution in [0, 0.1) is 13.8 Å². The Hall–Kier alpha value is -2.17. The predicted molar refractivity (Wildman–Crippen MR) is 61.2 cm³/mol. The van der Waals surface area contributed by atoms with Crippen molar-refractivity contribution in [2.75, 3.05) is 0 Å². The lowest BCUT2D eigenvalue weighted by molar-refractivity contribution is 0.109. The van der Waals surface area contributed by atoms with E-state index in [0.717, 1.165) is 0 Å². The van der Waals surface area contributed by atoms with Crippen LogP contribution in [-0.4, -0.2) is 15.8 Å². The number of hydrogen-bond donors (Lipinski definition) is 0. The summed E-state index contributed by atoms with van der Waals surface area (Å²) in [6.07, 6.45) is 0.631. The molecule has 2 heterocycles. The second kappa shape index (κ2) is 4.37. The molecule has 0 spiro atoms. The summed E-state index contributed by atoms with van der Waals surface area (Å²) in [5, 5.41) is 0. The van der Waals surface area contributed by atoms with Gasteiger partial charge in [-0.1, -0.05) is 0 Å². The molecular weight excluding hydrogens is 220 g/mol. The van der Waals surface area contributed by atoms with Crippen LogP contribution in [0.5, 0.6) is 0 Å². The first kappa shape index (κ1) is 11.3. The smallest absolute Gasteiger partial charge is 0.254 e. The van der Waals surface area contributed by atoms with Crippen molar-refractivity contribution >= 4 is 6.29 Å². The van der Waals surface area contributed by atoms with Crippen molar-refractivity contribution in [3.05, 3.63) is 51.6 Å². The van der Waals surface area contributed by atoms with Gasteiger partial charge in [-0.3, -0.25) is 14.2 Å². The second-order valence-electron chi connectivity index (χ2n) is 3.79. The molecule has 0 N–H and O–H groups in total. The maximum absolute atomic E-state index is 11.8. The van der Waals surface area contributed by atoms with Crippen LogP contribution in [-0.2, 0) is 6.54 Å². The lowest BCUT2D eigenvalue weighted by Crippen LogP contribution is -2.23. The third-order valence-corrected chi connectivity index (χ3v) is 2.44. The Kier molecular flexibility index (Phi) is 2.91. The van der Waals surface area contributed by atoms with Crippen molar-refractivity contribution in [1.82, 2.24) is 9.55 Å². The zero-order valence-electron chi connectivity index (χ0n) is 9.64. The molecule has 0 aromatic carbocycles. The average Bonchev–Trinajstić information content (AvgIpc) is 2.71. The SMILES string of the molecule is Cc1cc(=O)n(Cc2ccc(C=O)o2)c(C)n1. The zero-order valence-corrected chi connectivity index (χ0v) is 9.64. The molecule has 5 nitrogen and oxygen atoms in total. The Labute approximate surface area is 97.7 Å². The van der Waals surface area contributed by atoms with Gasteiger partial charge in [0.1, 0.15) is 11.6 Å². The van der Waals surface area contributed by atoms with E-state index in [9.17, 15) is 9.59 Å². The summed E-state index contributed by atoms with van der Waals surface area (Å²) in [6, 6.07) is 4.72. The molecule has 0 amide bonds. The number of furan rings is 1. The highest BCUT2D eigenvalue weighted by atomic mass is 16.3. The molecule has 0 fully saturated rings. The highest BCUT2D eigenvalue weighted by Gasteiger charge is 2.07. The summed E-state index contributed by atoms with van der Waals surface area (Å²) in [6.45, 7) is 3.82. The van der Waals surface area contributed by atoms with E-state index in [2.05, 4.69) is 4.98 Å². The fourth-order valence-corrected chi connectivity index (χ4v) is 1.65. The third kappa shape index (κ3) is 2.33. The lowest BCUT2D eigenvalue weighted by atomic mass is 10.4. The first-order chi connectivity index (χ1) is 8.10. The number of nitrogens with zero attached hydrogens (tertiary/aromatic N) is 2. The van der Waals surface area contributed by atoms with Gasteiger partial charge in [-0.05, 0) is 26.0 Å². The van der Waals surface area contributed by atoms with E-state index in [-0.39, 0.29) is 17.9 Å². The minimum atomic E-state index is -0.126. The quantitative estimate of drug-likeness (QED) is 0.748. The maximum Gasteiger partial charge on any atom is 0.254 e. The molecule has 0 bridgehead atoms. The summed E-state index contributed by atoms with van der Waals surface area (Å²) in [4.78, 5) is 26.4. The normalized spacial score (nSPS) is 10.5. The molecule has 0 aliphatic heterocycles. The molecule has 0 saturated heterocycles. The van der Waals surface area contributed by atoms with Gasteiger partial charge in [-0.2, -0.15) is 0 Å². The van der Waals surface area contributed by atoms with Crippen LogP contribution in [0.15, 0.2) is 27.4 Å². The number of aromatic nitrogens is 2. The number of rotatable bonds is 3. The second-order valence-corrected chi connectivity index (χ2v) is 3.79. The van der Waals surface area contributed by atoms with Crippen LogP contribution in [0.2, 0.25) is 0 Å². The van der Waals surface area contributed by atoms with E-state index in [4.69, 9.17) is 4.42 Å². The van der Waals surface area contributed by atoms with Gasteiger partial charge < -0.3 is 4.42 Å². The molecule has 0 radical (unpaired) electrons. The molecule has 5 heteroatoms. The van der Waals surface area contributed by atoms with Crippen molar-refractivity contribution in [2.45, 2.75) is 20.4 Å². The van der Waals surface area contributed by atoms with E-state index in [0.29, 0.717) is 23.6 Å². The van der Waals surface area contributed by atoms with Crippen LogP contribution in [0.25, 0.3) is 0 Å². The first-order valence-corrected chi connectivity index (χ1v) is 5.19. The molecule has 0 aliphatic carbocycles. The van der Waals surface area contributed by atoms with Crippen LogP contribution >= 0.6 is 0 Å². The van der Waals surface area contributed by atoms with Crippen LogP contribution in [0.1, 0.15) is 27.8 Å². The van der Waals surface area contributed by atoms with Crippen molar-refractivity contribution in [3.8, 4) is 0 Å². The molecule has 2 aromatic rings. The largest absolute Gasteiger partial charge is 0.456 e. The van der Waals surface area contributed by atoms with Crippen LogP contribution in [0.3, 0.4) is 0 Å². The van der Waals surface area contributed by atoms with Crippen LogP contribution in [0.4, 0.5) is 0 Å².